The molecule has 1 aliphatic heterocycles. The number of carboxylic acids is 1. The third-order valence-corrected chi connectivity index (χ3v) is 3.95. The molecule has 2 unspecified atom stereocenters. The van der Waals surface area contributed by atoms with Crippen molar-refractivity contribution in [2.75, 3.05) is 6.54 Å². The molecule has 1 saturated heterocycles. The van der Waals surface area contributed by atoms with E-state index in [1.165, 1.54) is 0 Å². The van der Waals surface area contributed by atoms with Crippen LogP contribution in [0.2, 0.25) is 0 Å². The maximum absolute atomic E-state index is 12.4. The van der Waals surface area contributed by atoms with Crippen LogP contribution in [0.4, 0.5) is 4.79 Å². The molecule has 1 spiro atoms. The average Bonchev–Trinajstić information content (AvgIpc) is 2.55. The molecule has 1 heterocycles. The normalized spacial score (nSPS) is 34.2. The zero-order valence-electron chi connectivity index (χ0n) is 10.8. The molecule has 0 bridgehead atoms. The van der Waals surface area contributed by atoms with Crippen LogP contribution in [0, 0.1) is 11.3 Å². The Morgan fingerprint density at radius 3 is 2.56 bits per heavy atom. The number of carboxylic acid groups (broad SMARTS) is 1. The minimum atomic E-state index is -1.18. The quantitative estimate of drug-likeness (QED) is 0.714. The van der Waals surface area contributed by atoms with Crippen LogP contribution < -0.4 is 5.32 Å². The van der Waals surface area contributed by atoms with E-state index in [-0.39, 0.29) is 11.3 Å². The van der Waals surface area contributed by atoms with E-state index in [1.54, 1.807) is 0 Å². The van der Waals surface area contributed by atoms with E-state index < -0.39 is 30.0 Å². The predicted molar refractivity (Wildman–Crippen MR) is 62.8 cm³/mol. The number of amides is 3. The Hall–Kier alpha value is -1.59. The zero-order chi connectivity index (χ0) is 13.7. The second-order valence-corrected chi connectivity index (χ2v) is 6.13. The van der Waals surface area contributed by atoms with Gasteiger partial charge in [0.2, 0.25) is 0 Å². The lowest BCUT2D eigenvalue weighted by Gasteiger charge is -2.26. The molecule has 3 amide bonds. The van der Waals surface area contributed by atoms with Crippen molar-refractivity contribution in [3.63, 3.8) is 0 Å². The lowest BCUT2D eigenvalue weighted by Crippen LogP contribution is -2.49. The van der Waals surface area contributed by atoms with Crippen LogP contribution >= 0.6 is 0 Å². The minimum Gasteiger partial charge on any atom is -0.480 e. The molecule has 2 atom stereocenters. The molecule has 100 valence electrons. The molecule has 18 heavy (non-hydrogen) atoms. The second-order valence-electron chi connectivity index (χ2n) is 6.13. The van der Waals surface area contributed by atoms with Gasteiger partial charge in [0.15, 0.2) is 0 Å². The molecule has 0 radical (unpaired) electrons. The van der Waals surface area contributed by atoms with Crippen LogP contribution in [0.25, 0.3) is 0 Å². The van der Waals surface area contributed by atoms with Gasteiger partial charge >= 0.3 is 12.0 Å². The number of carbonyl (C=O) groups is 3. The first kappa shape index (κ1) is 12.9. The van der Waals surface area contributed by atoms with Crippen molar-refractivity contribution in [1.82, 2.24) is 10.2 Å². The number of urea groups is 1. The number of aliphatic carboxylic acids is 1. The van der Waals surface area contributed by atoms with E-state index in [9.17, 15) is 14.4 Å². The van der Waals surface area contributed by atoms with E-state index in [4.69, 9.17) is 5.11 Å². The first-order valence-corrected chi connectivity index (χ1v) is 6.04. The Morgan fingerprint density at radius 2 is 2.11 bits per heavy atom. The summed E-state index contributed by atoms with van der Waals surface area (Å²) in [5, 5.41) is 11.4. The van der Waals surface area contributed by atoms with Crippen LogP contribution in [-0.2, 0) is 9.59 Å². The predicted octanol–water partition coefficient (Wildman–Crippen LogP) is 0.818. The number of imide groups is 1. The monoisotopic (exact) mass is 254 g/mol. The van der Waals surface area contributed by atoms with Crippen molar-refractivity contribution in [2.24, 2.45) is 11.3 Å². The fraction of sp³-hybridized carbons (Fsp3) is 0.750. The van der Waals surface area contributed by atoms with Crippen molar-refractivity contribution in [2.45, 2.75) is 39.2 Å². The Morgan fingerprint density at radius 1 is 1.50 bits per heavy atom. The van der Waals surface area contributed by atoms with Gasteiger partial charge in [-0.3, -0.25) is 14.5 Å². The Balaban J connectivity index is 2.30. The van der Waals surface area contributed by atoms with Crippen molar-refractivity contribution in [3.05, 3.63) is 0 Å². The number of hydrogen-bond acceptors (Lipinski definition) is 3. The third-order valence-electron chi connectivity index (χ3n) is 3.95. The lowest BCUT2D eigenvalue weighted by molar-refractivity contribution is -0.143. The van der Waals surface area contributed by atoms with Crippen LogP contribution in [0.1, 0.15) is 33.6 Å². The van der Waals surface area contributed by atoms with E-state index in [1.807, 2.05) is 6.92 Å². The number of rotatable bonds is 2. The van der Waals surface area contributed by atoms with Gasteiger partial charge in [-0.05, 0) is 24.2 Å². The molecular formula is C12H18N2O4. The number of carbonyl (C=O) groups excluding carboxylic acids is 2. The summed E-state index contributed by atoms with van der Waals surface area (Å²) in [4.78, 5) is 35.6. The van der Waals surface area contributed by atoms with Crippen LogP contribution in [0.15, 0.2) is 0 Å². The van der Waals surface area contributed by atoms with E-state index >= 15 is 0 Å². The number of nitrogens with one attached hydrogen (secondary N) is 1. The van der Waals surface area contributed by atoms with E-state index in [2.05, 4.69) is 19.2 Å². The van der Waals surface area contributed by atoms with Gasteiger partial charge in [-0.1, -0.05) is 20.8 Å². The first-order chi connectivity index (χ1) is 8.18. The number of nitrogens with zero attached hydrogens (tertiary/aromatic N) is 1. The summed E-state index contributed by atoms with van der Waals surface area (Å²) in [7, 11) is 0. The van der Waals surface area contributed by atoms with Gasteiger partial charge in [0.1, 0.15) is 12.1 Å². The first-order valence-electron chi connectivity index (χ1n) is 6.04. The van der Waals surface area contributed by atoms with Gasteiger partial charge in [0.25, 0.3) is 5.91 Å². The summed E-state index contributed by atoms with van der Waals surface area (Å²) in [5.41, 5.74) is -0.933. The van der Waals surface area contributed by atoms with E-state index in [0.29, 0.717) is 6.42 Å². The van der Waals surface area contributed by atoms with Crippen molar-refractivity contribution in [3.8, 4) is 0 Å². The molecule has 1 aliphatic carbocycles. The molecule has 1 saturated carbocycles. The summed E-state index contributed by atoms with van der Waals surface area (Å²) in [6.45, 7) is 5.46. The molecule has 0 aromatic rings. The molecule has 0 aromatic carbocycles. The topological polar surface area (TPSA) is 86.7 Å². The highest BCUT2D eigenvalue weighted by Crippen LogP contribution is 2.49. The molecule has 2 rings (SSSR count). The van der Waals surface area contributed by atoms with Crippen LogP contribution in [0.3, 0.4) is 0 Å². The lowest BCUT2D eigenvalue weighted by atomic mass is 9.86. The van der Waals surface area contributed by atoms with Crippen LogP contribution in [0.5, 0.6) is 0 Å². The van der Waals surface area contributed by atoms with Gasteiger partial charge in [0, 0.05) is 0 Å². The highest BCUT2D eigenvalue weighted by Gasteiger charge is 2.60. The standard InChI is InChI=1S/C12H18N2O4/c1-7-4-11(2,3)6-12(7)9(17)14(5-8(15)16)10(18)13-12/h7H,4-6H2,1-3H3,(H,13,18)(H,15,16). The minimum absolute atomic E-state index is 0.0164. The fourth-order valence-electron chi connectivity index (χ4n) is 3.38. The Bertz CT molecular complexity index is 432. The van der Waals surface area contributed by atoms with Gasteiger partial charge in [0.05, 0.1) is 0 Å². The molecular weight excluding hydrogens is 236 g/mol. The Kier molecular flexibility index (Phi) is 2.64. The highest BCUT2D eigenvalue weighted by molar-refractivity contribution is 6.09. The van der Waals surface area contributed by atoms with Crippen molar-refractivity contribution >= 4 is 17.9 Å². The Labute approximate surface area is 105 Å². The summed E-state index contributed by atoms with van der Waals surface area (Å²) in [6, 6.07) is -0.591. The number of hydrogen-bond donors (Lipinski definition) is 2. The molecule has 2 N–H and O–H groups in total. The van der Waals surface area contributed by atoms with E-state index in [0.717, 1.165) is 11.3 Å². The molecule has 2 fully saturated rings. The van der Waals surface area contributed by atoms with Gasteiger partial charge in [-0.2, -0.15) is 0 Å². The fourth-order valence-corrected chi connectivity index (χ4v) is 3.38. The summed E-state index contributed by atoms with van der Waals surface area (Å²) in [6.07, 6.45) is 1.39. The maximum atomic E-state index is 12.4. The smallest absolute Gasteiger partial charge is 0.325 e. The molecule has 6 heteroatoms. The highest BCUT2D eigenvalue weighted by atomic mass is 16.4. The molecule has 2 aliphatic rings. The van der Waals surface area contributed by atoms with Crippen molar-refractivity contribution in [1.29, 1.82) is 0 Å². The van der Waals surface area contributed by atoms with Crippen molar-refractivity contribution < 1.29 is 19.5 Å². The molecule has 0 aromatic heterocycles. The van der Waals surface area contributed by atoms with Gasteiger partial charge in [-0.25, -0.2) is 4.79 Å². The summed E-state index contributed by atoms with van der Waals surface area (Å²) < 4.78 is 0. The van der Waals surface area contributed by atoms with Gasteiger partial charge in [-0.15, -0.1) is 0 Å². The third kappa shape index (κ3) is 1.76. The second kappa shape index (κ2) is 3.70. The summed E-state index contributed by atoms with van der Waals surface area (Å²) in [5.74, 6) is -1.56. The van der Waals surface area contributed by atoms with Crippen LogP contribution in [-0.4, -0.2) is 40.0 Å². The molecule has 6 nitrogen and oxygen atoms in total. The SMILES string of the molecule is CC1CC(C)(C)CC12NC(=O)N(CC(=O)O)C2=O. The average molecular weight is 254 g/mol. The van der Waals surface area contributed by atoms with Gasteiger partial charge < -0.3 is 10.4 Å². The zero-order valence-corrected chi connectivity index (χ0v) is 10.8. The summed E-state index contributed by atoms with van der Waals surface area (Å²) >= 11 is 0. The maximum Gasteiger partial charge on any atom is 0.325 e. The largest absolute Gasteiger partial charge is 0.480 e.